The van der Waals surface area contributed by atoms with Crippen LogP contribution in [0.1, 0.15) is 334 Å². The van der Waals surface area contributed by atoms with E-state index in [4.69, 9.17) is 0 Å². The van der Waals surface area contributed by atoms with Crippen LogP contribution in [-0.2, 0) is 49.7 Å². The van der Waals surface area contributed by atoms with E-state index < -0.39 is 76.3 Å². The summed E-state index contributed by atoms with van der Waals surface area (Å²) < 4.78 is 0. The summed E-state index contributed by atoms with van der Waals surface area (Å²) in [6.07, 6.45) is 34.3. The van der Waals surface area contributed by atoms with Crippen LogP contribution in [0.15, 0.2) is 24.3 Å². The van der Waals surface area contributed by atoms with Crippen molar-refractivity contribution >= 4 is 11.9 Å². The predicted molar refractivity (Wildman–Crippen MR) is 334 cm³/mol. The van der Waals surface area contributed by atoms with E-state index in [2.05, 4.69) is 121 Å². The fraction of sp³-hybridized carbons (Fsp3) is 0.803. The first kappa shape index (κ1) is 72.3. The average molecular weight is 1110 g/mol. The van der Waals surface area contributed by atoms with Crippen LogP contribution in [0.3, 0.4) is 0 Å². The third-order valence-corrected chi connectivity index (χ3v) is 17.6. The van der Waals surface area contributed by atoms with Gasteiger partial charge in [-0.25, -0.2) is 0 Å². The van der Waals surface area contributed by atoms with Gasteiger partial charge in [0.25, 0.3) is 0 Å². The highest BCUT2D eigenvalue weighted by Gasteiger charge is 2.58. The van der Waals surface area contributed by atoms with Gasteiger partial charge < -0.3 is 30.6 Å². The molecule has 6 N–H and O–H groups in total. The van der Waals surface area contributed by atoms with Crippen LogP contribution in [-0.4, -0.2) is 62.4 Å². The quantitative estimate of drug-likeness (QED) is 0.0359. The molecule has 2 aromatic carbocycles. The summed E-state index contributed by atoms with van der Waals surface area (Å²) in [5.41, 5.74) is 0.164. The molecule has 2 unspecified atom stereocenters. The summed E-state index contributed by atoms with van der Waals surface area (Å²) in [4.78, 5) is 25.6. The SMILES string of the molecule is CCCCCCCCCCCCCCC(CCCc1ccc(C(C)(C)C)c(C(O)(c2c(C(C)(C)C)ccc(CCCC(CCCCCCCCCCCCCC)C(=O)O)c2C(C)(C)C)C(CO)(CO)CO)c1C(C)(C)C)C(=O)O. The highest BCUT2D eigenvalue weighted by molar-refractivity contribution is 5.70. The van der Waals surface area contributed by atoms with Crippen LogP contribution in [0, 0.1) is 17.3 Å². The lowest BCUT2D eigenvalue weighted by Gasteiger charge is -2.52. The monoisotopic (exact) mass is 1100 g/mol. The van der Waals surface area contributed by atoms with Gasteiger partial charge in [0.1, 0.15) is 5.60 Å². The summed E-state index contributed by atoms with van der Waals surface area (Å²) in [6, 6.07) is 8.46. The molecule has 0 spiro atoms. The Morgan fingerprint density at radius 1 is 0.367 bits per heavy atom. The molecule has 0 amide bonds. The Labute approximate surface area is 485 Å². The second kappa shape index (κ2) is 35.4. The number of hydrogen-bond donors (Lipinski definition) is 6. The van der Waals surface area contributed by atoms with Gasteiger partial charge in [-0.15, -0.1) is 0 Å². The lowest BCUT2D eigenvalue weighted by Crippen LogP contribution is -2.57. The number of carboxylic acids is 2. The molecule has 0 fully saturated rings. The van der Waals surface area contributed by atoms with Crippen molar-refractivity contribution < 1.29 is 40.2 Å². The molecular weight excluding hydrogens is 981 g/mol. The van der Waals surface area contributed by atoms with Gasteiger partial charge >= 0.3 is 11.9 Å². The fourth-order valence-corrected chi connectivity index (χ4v) is 12.9. The molecule has 2 aromatic rings. The van der Waals surface area contributed by atoms with Gasteiger partial charge in [-0.3, -0.25) is 9.59 Å². The maximum absolute atomic E-state index is 14.9. The molecule has 0 aliphatic heterocycles. The number of unbranched alkanes of at least 4 members (excludes halogenated alkanes) is 22. The van der Waals surface area contributed by atoms with Gasteiger partial charge in [-0.2, -0.15) is 0 Å². The number of aliphatic carboxylic acids is 2. The van der Waals surface area contributed by atoms with Gasteiger partial charge in [0.15, 0.2) is 0 Å². The van der Waals surface area contributed by atoms with E-state index in [-0.39, 0.29) is 0 Å². The van der Waals surface area contributed by atoms with Crippen molar-refractivity contribution in [1.29, 1.82) is 0 Å². The van der Waals surface area contributed by atoms with Gasteiger partial charge in [0, 0.05) is 0 Å². The minimum absolute atomic E-state index is 0.455. The molecule has 456 valence electrons. The van der Waals surface area contributed by atoms with Crippen molar-refractivity contribution in [3.05, 3.63) is 68.8 Å². The Bertz CT molecular complexity index is 1880. The second-order valence-electron chi connectivity index (χ2n) is 28.7. The third kappa shape index (κ3) is 22.7. The maximum atomic E-state index is 14.9. The Hall–Kier alpha value is -2.78. The Morgan fingerprint density at radius 3 is 0.848 bits per heavy atom. The van der Waals surface area contributed by atoms with E-state index in [1.54, 1.807) is 0 Å². The number of carbonyl (C=O) groups is 2. The lowest BCUT2D eigenvalue weighted by molar-refractivity contribution is -0.143. The smallest absolute Gasteiger partial charge is 0.306 e. The van der Waals surface area contributed by atoms with E-state index in [0.29, 0.717) is 62.5 Å². The average Bonchev–Trinajstić information content (AvgIpc) is 3.40. The van der Waals surface area contributed by atoms with Crippen molar-refractivity contribution in [1.82, 2.24) is 0 Å². The molecule has 0 saturated heterocycles. The van der Waals surface area contributed by atoms with Crippen molar-refractivity contribution in [2.45, 2.75) is 330 Å². The molecule has 0 heterocycles. The molecule has 0 aliphatic rings. The van der Waals surface area contributed by atoms with Crippen molar-refractivity contribution in [2.75, 3.05) is 19.8 Å². The van der Waals surface area contributed by atoms with Crippen LogP contribution in [0.5, 0.6) is 0 Å². The second-order valence-corrected chi connectivity index (χ2v) is 28.7. The largest absolute Gasteiger partial charge is 0.481 e. The first-order valence-corrected chi connectivity index (χ1v) is 32.5. The Morgan fingerprint density at radius 2 is 0.620 bits per heavy atom. The summed E-state index contributed by atoms with van der Waals surface area (Å²) in [7, 11) is 0. The number of hydrogen-bond acceptors (Lipinski definition) is 6. The first-order chi connectivity index (χ1) is 37.1. The minimum Gasteiger partial charge on any atom is -0.481 e. The zero-order valence-corrected chi connectivity index (χ0v) is 53.7. The number of aliphatic hydroxyl groups excluding tert-OH is 3. The van der Waals surface area contributed by atoms with Crippen molar-refractivity contribution in [3.8, 4) is 0 Å². The summed E-state index contributed by atoms with van der Waals surface area (Å²) in [5, 5.41) is 71.4. The number of aryl methyl sites for hydroxylation is 2. The number of rotatable bonds is 42. The minimum atomic E-state index is -2.18. The molecule has 0 aliphatic carbocycles. The molecule has 0 radical (unpaired) electrons. The standard InChI is InChI=1S/C71H124O8/c1-15-17-19-21-23-25-27-29-31-33-35-37-41-56(64(75)76)45-39-43-54-47-49-58(66(3,4)5)62(60(54)68(9,10)11)71(79,70(51-72,52-73)53-74)63-59(67(6,7)8)50-48-55(61(63)69(12,13)14)44-40-46-57(65(77)78)42-38-36-34-32-30-28-26-24-22-20-18-16-2/h47-50,56-57,72-74,79H,15-46,51-53H2,1-14H3,(H,75,76)(H,77,78). The molecule has 8 nitrogen and oxygen atoms in total. The molecule has 0 bridgehead atoms. The summed E-state index contributed by atoms with van der Waals surface area (Å²) in [6.45, 7) is 27.9. The van der Waals surface area contributed by atoms with E-state index in [1.165, 1.54) is 116 Å². The van der Waals surface area contributed by atoms with Gasteiger partial charge in [-0.1, -0.05) is 275 Å². The molecular formula is C71H124O8. The number of carboxylic acid groups (broad SMARTS) is 2. The molecule has 2 atom stereocenters. The first-order valence-electron chi connectivity index (χ1n) is 32.5. The van der Waals surface area contributed by atoms with Gasteiger partial charge in [-0.05, 0) is 118 Å². The Balaban J connectivity index is 2.70. The van der Waals surface area contributed by atoms with E-state index >= 15 is 0 Å². The van der Waals surface area contributed by atoms with Crippen LogP contribution in [0.25, 0.3) is 0 Å². The van der Waals surface area contributed by atoms with E-state index in [0.717, 1.165) is 71.9 Å². The van der Waals surface area contributed by atoms with E-state index in [9.17, 15) is 40.2 Å². The summed E-state index contributed by atoms with van der Waals surface area (Å²) >= 11 is 0. The molecule has 8 heteroatoms. The van der Waals surface area contributed by atoms with Crippen molar-refractivity contribution in [2.24, 2.45) is 17.3 Å². The van der Waals surface area contributed by atoms with Crippen LogP contribution >= 0.6 is 0 Å². The lowest BCUT2D eigenvalue weighted by atomic mass is 9.55. The van der Waals surface area contributed by atoms with Gasteiger partial charge in [0.2, 0.25) is 0 Å². The zero-order chi connectivity index (χ0) is 59.5. The molecule has 79 heavy (non-hydrogen) atoms. The van der Waals surface area contributed by atoms with Crippen LogP contribution in [0.4, 0.5) is 0 Å². The van der Waals surface area contributed by atoms with E-state index in [1.807, 2.05) is 0 Å². The topological polar surface area (TPSA) is 156 Å². The highest BCUT2D eigenvalue weighted by Crippen LogP contribution is 2.56. The zero-order valence-electron chi connectivity index (χ0n) is 53.7. The van der Waals surface area contributed by atoms with Crippen LogP contribution in [0.2, 0.25) is 0 Å². The fourth-order valence-electron chi connectivity index (χ4n) is 12.9. The molecule has 0 saturated carbocycles. The third-order valence-electron chi connectivity index (χ3n) is 17.6. The predicted octanol–water partition coefficient (Wildman–Crippen LogP) is 18.3. The molecule has 2 rings (SSSR count). The van der Waals surface area contributed by atoms with Crippen molar-refractivity contribution in [3.63, 3.8) is 0 Å². The molecule has 0 aromatic heterocycles. The van der Waals surface area contributed by atoms with Crippen LogP contribution < -0.4 is 0 Å². The Kier molecular flexibility index (Phi) is 32.4. The normalized spacial score (nSPS) is 14.4. The number of benzene rings is 2. The number of aliphatic hydroxyl groups is 4. The highest BCUT2D eigenvalue weighted by atomic mass is 16.4. The van der Waals surface area contributed by atoms with Gasteiger partial charge in [0.05, 0.1) is 37.1 Å². The summed E-state index contributed by atoms with van der Waals surface area (Å²) in [5.74, 6) is -2.41. The maximum Gasteiger partial charge on any atom is 0.306 e.